The maximum absolute atomic E-state index is 12.2. The number of rotatable bonds is 6. The van der Waals surface area contributed by atoms with E-state index in [4.69, 9.17) is 4.74 Å². The molecule has 0 radical (unpaired) electrons. The van der Waals surface area contributed by atoms with Crippen LogP contribution in [0.2, 0.25) is 0 Å². The molecule has 0 saturated heterocycles. The number of hydrogen-bond donors (Lipinski definition) is 0. The van der Waals surface area contributed by atoms with Gasteiger partial charge in [-0.05, 0) is 18.4 Å². The molecule has 0 heterocycles. The van der Waals surface area contributed by atoms with Gasteiger partial charge in [0.05, 0.1) is 0 Å². The van der Waals surface area contributed by atoms with Gasteiger partial charge in [-0.2, -0.15) is 0 Å². The van der Waals surface area contributed by atoms with Crippen LogP contribution >= 0.6 is 0 Å². The Bertz CT molecular complexity index is 344. The Hall–Kier alpha value is -1.15. The van der Waals surface area contributed by atoms with Crippen LogP contribution < -0.4 is 0 Å². The molecule has 0 spiro atoms. The van der Waals surface area contributed by atoms with Crippen LogP contribution in [-0.2, 0) is 11.2 Å². The van der Waals surface area contributed by atoms with Crippen molar-refractivity contribution >= 4 is 5.78 Å². The summed E-state index contributed by atoms with van der Waals surface area (Å²) in [5.74, 6) is 0.266. The first-order valence-electron chi connectivity index (χ1n) is 5.81. The first-order valence-corrected chi connectivity index (χ1v) is 5.81. The lowest BCUT2D eigenvalue weighted by Gasteiger charge is -2.12. The Labute approximate surface area is 97.6 Å². The zero-order chi connectivity index (χ0) is 12.0. The van der Waals surface area contributed by atoms with Crippen molar-refractivity contribution in [2.45, 2.75) is 26.7 Å². The lowest BCUT2D eigenvalue weighted by atomic mass is 9.92. The molecule has 0 aromatic heterocycles. The first-order chi connectivity index (χ1) is 7.70. The van der Waals surface area contributed by atoms with Gasteiger partial charge in [-0.1, -0.05) is 38.1 Å². The molecule has 2 nitrogen and oxygen atoms in total. The second-order valence-corrected chi connectivity index (χ2v) is 4.06. The van der Waals surface area contributed by atoms with Crippen LogP contribution in [-0.4, -0.2) is 19.5 Å². The van der Waals surface area contributed by atoms with Gasteiger partial charge in [-0.25, -0.2) is 0 Å². The number of carbonyl (C=O) groups is 1. The summed E-state index contributed by atoms with van der Waals surface area (Å²) in [4.78, 5) is 12.2. The number of hydrogen-bond acceptors (Lipinski definition) is 2. The third kappa shape index (κ3) is 3.17. The van der Waals surface area contributed by atoms with Crippen LogP contribution in [0.1, 0.15) is 36.2 Å². The highest BCUT2D eigenvalue weighted by molar-refractivity contribution is 5.98. The van der Waals surface area contributed by atoms with Crippen molar-refractivity contribution in [1.29, 1.82) is 0 Å². The molecule has 0 saturated carbocycles. The third-order valence-electron chi connectivity index (χ3n) is 2.87. The summed E-state index contributed by atoms with van der Waals surface area (Å²) in [6.07, 6.45) is 1.69. The first kappa shape index (κ1) is 12.9. The number of ether oxygens (including phenoxy) is 1. The SMILES string of the molecule is CCc1ccccc1C(=O)C(C)CCOC. The minimum absolute atomic E-state index is 0.0349. The monoisotopic (exact) mass is 220 g/mol. The second kappa shape index (κ2) is 6.44. The molecule has 1 aromatic rings. The highest BCUT2D eigenvalue weighted by atomic mass is 16.5. The topological polar surface area (TPSA) is 26.3 Å². The number of benzene rings is 1. The molecule has 1 unspecified atom stereocenters. The van der Waals surface area contributed by atoms with Crippen molar-refractivity contribution < 1.29 is 9.53 Å². The smallest absolute Gasteiger partial charge is 0.166 e. The van der Waals surface area contributed by atoms with Gasteiger partial charge in [0.1, 0.15) is 0 Å². The molecule has 0 bridgehead atoms. The van der Waals surface area contributed by atoms with Gasteiger partial charge in [-0.15, -0.1) is 0 Å². The lowest BCUT2D eigenvalue weighted by molar-refractivity contribution is 0.0893. The molecule has 1 aromatic carbocycles. The molecular formula is C14H20O2. The van der Waals surface area contributed by atoms with Crippen molar-refractivity contribution in [3.05, 3.63) is 35.4 Å². The molecule has 0 aliphatic rings. The Kier molecular flexibility index (Phi) is 5.20. The van der Waals surface area contributed by atoms with Crippen molar-refractivity contribution in [2.24, 2.45) is 5.92 Å². The Morgan fingerprint density at radius 2 is 2.06 bits per heavy atom. The number of ketones is 1. The van der Waals surface area contributed by atoms with E-state index in [1.165, 1.54) is 0 Å². The molecule has 1 rings (SSSR count). The molecule has 1 atom stereocenters. The molecule has 0 aliphatic heterocycles. The normalized spacial score (nSPS) is 12.4. The summed E-state index contributed by atoms with van der Waals surface area (Å²) in [5, 5.41) is 0. The minimum Gasteiger partial charge on any atom is -0.385 e. The van der Waals surface area contributed by atoms with Crippen LogP contribution in [0.4, 0.5) is 0 Å². The van der Waals surface area contributed by atoms with Gasteiger partial charge in [0.15, 0.2) is 5.78 Å². The maximum Gasteiger partial charge on any atom is 0.166 e. The van der Waals surface area contributed by atoms with E-state index in [9.17, 15) is 4.79 Å². The van der Waals surface area contributed by atoms with E-state index >= 15 is 0 Å². The lowest BCUT2D eigenvalue weighted by Crippen LogP contribution is -2.15. The van der Waals surface area contributed by atoms with Gasteiger partial charge in [0.25, 0.3) is 0 Å². The predicted octanol–water partition coefficient (Wildman–Crippen LogP) is 3.10. The quantitative estimate of drug-likeness (QED) is 0.689. The van der Waals surface area contributed by atoms with Crippen LogP contribution in [0.3, 0.4) is 0 Å². The summed E-state index contributed by atoms with van der Waals surface area (Å²) in [6, 6.07) is 7.85. The fraction of sp³-hybridized carbons (Fsp3) is 0.500. The minimum atomic E-state index is 0.0349. The molecule has 0 fully saturated rings. The van der Waals surface area contributed by atoms with E-state index in [0.717, 1.165) is 24.0 Å². The van der Waals surface area contributed by atoms with Gasteiger partial charge < -0.3 is 4.74 Å². The van der Waals surface area contributed by atoms with E-state index in [0.29, 0.717) is 6.61 Å². The summed E-state index contributed by atoms with van der Waals surface area (Å²) in [5.41, 5.74) is 2.00. The summed E-state index contributed by atoms with van der Waals surface area (Å²) in [6.45, 7) is 4.68. The van der Waals surface area contributed by atoms with E-state index < -0.39 is 0 Å². The number of Topliss-reactive ketones (excluding diaryl/α,β-unsaturated/α-hetero) is 1. The van der Waals surface area contributed by atoms with Gasteiger partial charge in [-0.3, -0.25) is 4.79 Å². The van der Waals surface area contributed by atoms with Crippen molar-refractivity contribution in [1.82, 2.24) is 0 Å². The van der Waals surface area contributed by atoms with Crippen LogP contribution in [0.15, 0.2) is 24.3 Å². The van der Waals surface area contributed by atoms with Crippen LogP contribution in [0, 0.1) is 5.92 Å². The predicted molar refractivity (Wildman–Crippen MR) is 65.8 cm³/mol. The number of methoxy groups -OCH3 is 1. The van der Waals surface area contributed by atoms with Crippen molar-refractivity contribution in [3.8, 4) is 0 Å². The molecule has 88 valence electrons. The zero-order valence-electron chi connectivity index (χ0n) is 10.3. The Morgan fingerprint density at radius 1 is 1.38 bits per heavy atom. The number of aryl methyl sites for hydroxylation is 1. The van der Waals surface area contributed by atoms with Crippen LogP contribution in [0.5, 0.6) is 0 Å². The van der Waals surface area contributed by atoms with E-state index in [1.807, 2.05) is 31.2 Å². The standard InChI is InChI=1S/C14H20O2/c1-4-12-7-5-6-8-13(12)14(15)11(2)9-10-16-3/h5-8,11H,4,9-10H2,1-3H3. The summed E-state index contributed by atoms with van der Waals surface area (Å²) in [7, 11) is 1.66. The van der Waals surface area contributed by atoms with Gasteiger partial charge in [0.2, 0.25) is 0 Å². The average Bonchev–Trinajstić information content (AvgIpc) is 2.34. The molecule has 0 aliphatic carbocycles. The Morgan fingerprint density at radius 3 is 2.69 bits per heavy atom. The highest BCUT2D eigenvalue weighted by Crippen LogP contribution is 2.16. The van der Waals surface area contributed by atoms with E-state index in [2.05, 4.69) is 6.92 Å². The number of carbonyl (C=O) groups excluding carboxylic acids is 1. The van der Waals surface area contributed by atoms with E-state index in [-0.39, 0.29) is 11.7 Å². The summed E-state index contributed by atoms with van der Waals surface area (Å²) >= 11 is 0. The molecular weight excluding hydrogens is 200 g/mol. The van der Waals surface area contributed by atoms with Crippen LogP contribution in [0.25, 0.3) is 0 Å². The maximum atomic E-state index is 12.2. The average molecular weight is 220 g/mol. The largest absolute Gasteiger partial charge is 0.385 e. The Balaban J connectivity index is 2.79. The molecule has 0 amide bonds. The van der Waals surface area contributed by atoms with Gasteiger partial charge >= 0.3 is 0 Å². The fourth-order valence-electron chi connectivity index (χ4n) is 1.76. The van der Waals surface area contributed by atoms with Crippen molar-refractivity contribution in [2.75, 3.05) is 13.7 Å². The highest BCUT2D eigenvalue weighted by Gasteiger charge is 2.16. The second-order valence-electron chi connectivity index (χ2n) is 4.06. The third-order valence-corrected chi connectivity index (χ3v) is 2.87. The van der Waals surface area contributed by atoms with E-state index in [1.54, 1.807) is 7.11 Å². The molecule has 16 heavy (non-hydrogen) atoms. The fourth-order valence-corrected chi connectivity index (χ4v) is 1.76. The molecule has 0 N–H and O–H groups in total. The molecule has 2 heteroatoms. The van der Waals surface area contributed by atoms with Crippen molar-refractivity contribution in [3.63, 3.8) is 0 Å². The van der Waals surface area contributed by atoms with Gasteiger partial charge in [0, 0.05) is 25.2 Å². The summed E-state index contributed by atoms with van der Waals surface area (Å²) < 4.78 is 5.00. The zero-order valence-corrected chi connectivity index (χ0v) is 10.3.